The first-order valence-corrected chi connectivity index (χ1v) is 6.88. The monoisotopic (exact) mass is 326 g/mol. The molecular formula is C13H15BrN2O3. The molecule has 1 unspecified atom stereocenters. The molecule has 0 bridgehead atoms. The van der Waals surface area contributed by atoms with E-state index in [-0.39, 0.29) is 25.0 Å². The molecule has 1 aromatic carbocycles. The Balaban J connectivity index is 2.07. The van der Waals surface area contributed by atoms with Crippen molar-refractivity contribution in [2.45, 2.75) is 6.42 Å². The van der Waals surface area contributed by atoms with E-state index in [0.717, 1.165) is 10.2 Å². The summed E-state index contributed by atoms with van der Waals surface area (Å²) in [5.74, 6) is -1.14. The van der Waals surface area contributed by atoms with Gasteiger partial charge in [0, 0.05) is 23.2 Å². The van der Waals surface area contributed by atoms with Gasteiger partial charge in [0.05, 0.1) is 6.61 Å². The predicted octanol–water partition coefficient (Wildman–Crippen LogP) is 0.910. The second-order valence-corrected chi connectivity index (χ2v) is 5.24. The molecule has 0 aromatic heterocycles. The summed E-state index contributed by atoms with van der Waals surface area (Å²) in [6, 6.07) is 7.43. The van der Waals surface area contributed by atoms with Gasteiger partial charge in [0.1, 0.15) is 5.92 Å². The smallest absolute Gasteiger partial charge is 0.239 e. The molecule has 1 aliphatic heterocycles. The Labute approximate surface area is 119 Å². The molecule has 6 heteroatoms. The summed E-state index contributed by atoms with van der Waals surface area (Å²) in [7, 11) is 0. The quantitative estimate of drug-likeness (QED) is 0.808. The molecule has 1 heterocycles. The number of nitrogens with one attached hydrogen (secondary N) is 1. The molecule has 0 aliphatic carbocycles. The minimum Gasteiger partial charge on any atom is -0.395 e. The summed E-state index contributed by atoms with van der Waals surface area (Å²) in [5, 5.41) is 11.2. The first kappa shape index (κ1) is 14.0. The van der Waals surface area contributed by atoms with Crippen molar-refractivity contribution in [1.82, 2.24) is 5.32 Å². The zero-order valence-electron chi connectivity index (χ0n) is 10.3. The lowest BCUT2D eigenvalue weighted by Gasteiger charge is -2.17. The third-order valence-corrected chi connectivity index (χ3v) is 3.55. The van der Waals surface area contributed by atoms with Gasteiger partial charge >= 0.3 is 0 Å². The Morgan fingerprint density at radius 1 is 1.53 bits per heavy atom. The van der Waals surface area contributed by atoms with Gasteiger partial charge in [-0.3, -0.25) is 9.59 Å². The van der Waals surface area contributed by atoms with Crippen LogP contribution in [0.1, 0.15) is 6.42 Å². The molecule has 0 saturated carbocycles. The predicted molar refractivity (Wildman–Crippen MR) is 74.7 cm³/mol. The molecule has 1 fully saturated rings. The van der Waals surface area contributed by atoms with Gasteiger partial charge in [0.15, 0.2) is 0 Å². The van der Waals surface area contributed by atoms with E-state index in [4.69, 9.17) is 5.11 Å². The Bertz CT molecular complexity index is 493. The molecule has 102 valence electrons. The summed E-state index contributed by atoms with van der Waals surface area (Å²) in [4.78, 5) is 25.6. The molecule has 2 N–H and O–H groups in total. The van der Waals surface area contributed by atoms with Crippen molar-refractivity contribution >= 4 is 33.4 Å². The molecule has 2 amide bonds. The number of aliphatic hydroxyl groups is 1. The van der Waals surface area contributed by atoms with E-state index in [2.05, 4.69) is 21.2 Å². The van der Waals surface area contributed by atoms with Crippen LogP contribution in [0.15, 0.2) is 28.7 Å². The Kier molecular flexibility index (Phi) is 4.55. The number of hydrogen-bond acceptors (Lipinski definition) is 3. The van der Waals surface area contributed by atoms with E-state index in [9.17, 15) is 9.59 Å². The number of carbonyl (C=O) groups excluding carboxylic acids is 2. The van der Waals surface area contributed by atoms with E-state index in [1.807, 2.05) is 24.3 Å². The van der Waals surface area contributed by atoms with Crippen molar-refractivity contribution in [3.63, 3.8) is 0 Å². The van der Waals surface area contributed by atoms with Crippen LogP contribution in [0.2, 0.25) is 0 Å². The van der Waals surface area contributed by atoms with Crippen molar-refractivity contribution in [3.8, 4) is 0 Å². The molecule has 0 radical (unpaired) electrons. The highest BCUT2D eigenvalue weighted by Crippen LogP contribution is 2.27. The van der Waals surface area contributed by atoms with Gasteiger partial charge in [-0.1, -0.05) is 22.0 Å². The molecule has 19 heavy (non-hydrogen) atoms. The SMILES string of the molecule is O=C(NCCO)C1CCN(c2cccc(Br)c2)C1=O. The molecule has 1 saturated heterocycles. The van der Waals surface area contributed by atoms with Crippen LogP contribution < -0.4 is 10.2 Å². The van der Waals surface area contributed by atoms with Gasteiger partial charge < -0.3 is 15.3 Å². The van der Waals surface area contributed by atoms with E-state index >= 15 is 0 Å². The molecule has 0 spiro atoms. The fourth-order valence-electron chi connectivity index (χ4n) is 2.13. The van der Waals surface area contributed by atoms with E-state index < -0.39 is 5.92 Å². The van der Waals surface area contributed by atoms with E-state index in [1.54, 1.807) is 4.90 Å². The average Bonchev–Trinajstić information content (AvgIpc) is 2.78. The average molecular weight is 327 g/mol. The third-order valence-electron chi connectivity index (χ3n) is 3.05. The highest BCUT2D eigenvalue weighted by atomic mass is 79.9. The Morgan fingerprint density at radius 3 is 3.00 bits per heavy atom. The first-order valence-electron chi connectivity index (χ1n) is 6.09. The van der Waals surface area contributed by atoms with Gasteiger partial charge in [-0.05, 0) is 24.6 Å². The Hall–Kier alpha value is -1.40. The summed E-state index contributed by atoms with van der Waals surface area (Å²) >= 11 is 3.36. The largest absolute Gasteiger partial charge is 0.395 e. The highest BCUT2D eigenvalue weighted by molar-refractivity contribution is 9.10. The normalized spacial score (nSPS) is 18.7. The number of aliphatic hydroxyl groups excluding tert-OH is 1. The summed E-state index contributed by atoms with van der Waals surface area (Å²) in [5.41, 5.74) is 0.789. The zero-order chi connectivity index (χ0) is 13.8. The van der Waals surface area contributed by atoms with Gasteiger partial charge in [0.25, 0.3) is 0 Å². The third kappa shape index (κ3) is 3.13. The lowest BCUT2D eigenvalue weighted by atomic mass is 10.1. The van der Waals surface area contributed by atoms with Crippen LogP contribution >= 0.6 is 15.9 Å². The molecule has 2 rings (SSSR count). The van der Waals surface area contributed by atoms with Crippen LogP contribution in [0.5, 0.6) is 0 Å². The van der Waals surface area contributed by atoms with Crippen LogP contribution in [0.3, 0.4) is 0 Å². The summed E-state index contributed by atoms with van der Waals surface area (Å²) in [6.07, 6.45) is 0.503. The molecule has 1 aliphatic rings. The first-order chi connectivity index (χ1) is 9.13. The molecule has 1 atom stereocenters. The maximum Gasteiger partial charge on any atom is 0.239 e. The van der Waals surface area contributed by atoms with Crippen molar-refractivity contribution in [2.75, 3.05) is 24.6 Å². The number of rotatable bonds is 4. The zero-order valence-corrected chi connectivity index (χ0v) is 11.9. The Morgan fingerprint density at radius 2 is 2.32 bits per heavy atom. The van der Waals surface area contributed by atoms with E-state index in [0.29, 0.717) is 13.0 Å². The van der Waals surface area contributed by atoms with Gasteiger partial charge in [-0.15, -0.1) is 0 Å². The van der Waals surface area contributed by atoms with Crippen molar-refractivity contribution < 1.29 is 14.7 Å². The molecular weight excluding hydrogens is 312 g/mol. The minimum absolute atomic E-state index is 0.123. The lowest BCUT2D eigenvalue weighted by molar-refractivity contribution is -0.132. The second kappa shape index (κ2) is 6.16. The summed E-state index contributed by atoms with van der Waals surface area (Å²) in [6.45, 7) is 0.591. The maximum atomic E-state index is 12.2. The number of benzene rings is 1. The van der Waals surface area contributed by atoms with Crippen molar-refractivity contribution in [3.05, 3.63) is 28.7 Å². The van der Waals surface area contributed by atoms with Crippen LogP contribution in [0, 0.1) is 5.92 Å². The van der Waals surface area contributed by atoms with E-state index in [1.165, 1.54) is 0 Å². The number of amides is 2. The van der Waals surface area contributed by atoms with Gasteiger partial charge in [-0.25, -0.2) is 0 Å². The fourth-order valence-corrected chi connectivity index (χ4v) is 2.51. The van der Waals surface area contributed by atoms with Gasteiger partial charge in [-0.2, -0.15) is 0 Å². The fraction of sp³-hybridized carbons (Fsp3) is 0.385. The van der Waals surface area contributed by atoms with Crippen LogP contribution in [0.4, 0.5) is 5.69 Å². The van der Waals surface area contributed by atoms with Gasteiger partial charge in [0.2, 0.25) is 11.8 Å². The maximum absolute atomic E-state index is 12.2. The van der Waals surface area contributed by atoms with Crippen LogP contribution in [-0.4, -0.2) is 36.6 Å². The van der Waals surface area contributed by atoms with Crippen LogP contribution in [0.25, 0.3) is 0 Å². The lowest BCUT2D eigenvalue weighted by Crippen LogP contribution is -2.37. The minimum atomic E-state index is -0.648. The van der Waals surface area contributed by atoms with Crippen LogP contribution in [-0.2, 0) is 9.59 Å². The van der Waals surface area contributed by atoms with Crippen molar-refractivity contribution in [1.29, 1.82) is 0 Å². The summed E-state index contributed by atoms with van der Waals surface area (Å²) < 4.78 is 0.894. The molecule has 5 nitrogen and oxygen atoms in total. The molecule has 1 aromatic rings. The standard InChI is InChI=1S/C13H15BrN2O3/c14-9-2-1-3-10(8-9)16-6-4-11(13(16)19)12(18)15-5-7-17/h1-3,8,11,17H,4-7H2,(H,15,18). The number of hydrogen-bond donors (Lipinski definition) is 2. The number of anilines is 1. The topological polar surface area (TPSA) is 69.6 Å². The second-order valence-electron chi connectivity index (χ2n) is 4.33. The van der Waals surface area contributed by atoms with Crippen molar-refractivity contribution in [2.24, 2.45) is 5.92 Å². The number of nitrogens with zero attached hydrogens (tertiary/aromatic N) is 1. The highest BCUT2D eigenvalue weighted by Gasteiger charge is 2.37. The number of halogens is 1. The number of carbonyl (C=O) groups is 2.